The molecule has 0 saturated carbocycles. The van der Waals surface area contributed by atoms with Crippen molar-refractivity contribution in [1.29, 1.82) is 0 Å². The van der Waals surface area contributed by atoms with Crippen molar-refractivity contribution >= 4 is 0 Å². The van der Waals surface area contributed by atoms with Crippen molar-refractivity contribution in [2.75, 3.05) is 6.54 Å². The number of nitrogens with zero attached hydrogens (tertiary/aromatic N) is 2. The van der Waals surface area contributed by atoms with Gasteiger partial charge >= 0.3 is 0 Å². The highest BCUT2D eigenvalue weighted by molar-refractivity contribution is 5.20. The molecule has 2 aromatic rings. The minimum Gasteiger partial charge on any atom is -0.343 e. The summed E-state index contributed by atoms with van der Waals surface area (Å²) in [6.07, 6.45) is 1.89. The fraction of sp³-hybridized carbons (Fsp3) is 0.333. The van der Waals surface area contributed by atoms with E-state index in [2.05, 4.69) is 20.0 Å². The second-order valence-electron chi connectivity index (χ2n) is 3.95. The van der Waals surface area contributed by atoms with Crippen LogP contribution in [0.1, 0.15) is 24.4 Å². The van der Waals surface area contributed by atoms with Gasteiger partial charge in [0.1, 0.15) is 0 Å². The van der Waals surface area contributed by atoms with Gasteiger partial charge in [0.2, 0.25) is 6.39 Å². The van der Waals surface area contributed by atoms with E-state index >= 15 is 0 Å². The maximum atomic E-state index is 13.0. The van der Waals surface area contributed by atoms with E-state index in [9.17, 15) is 8.78 Å². The molecule has 2 rings (SSSR count). The van der Waals surface area contributed by atoms with Crippen LogP contribution in [0.2, 0.25) is 0 Å². The van der Waals surface area contributed by atoms with Gasteiger partial charge in [0, 0.05) is 19.0 Å². The van der Waals surface area contributed by atoms with Gasteiger partial charge in [-0.15, -0.1) is 0 Å². The van der Waals surface area contributed by atoms with E-state index in [1.54, 1.807) is 6.07 Å². The number of hydrogen-bond donors (Lipinski definition) is 1. The largest absolute Gasteiger partial charge is 0.343 e. The van der Waals surface area contributed by atoms with Crippen LogP contribution in [0.3, 0.4) is 0 Å². The van der Waals surface area contributed by atoms with Gasteiger partial charge in [-0.2, -0.15) is 4.98 Å². The van der Waals surface area contributed by atoms with Crippen LogP contribution in [-0.4, -0.2) is 16.7 Å². The molecule has 0 spiro atoms. The van der Waals surface area contributed by atoms with E-state index in [0.717, 1.165) is 6.07 Å². The Morgan fingerprint density at radius 2 is 2.17 bits per heavy atom. The number of rotatable bonds is 5. The van der Waals surface area contributed by atoms with Crippen molar-refractivity contribution in [1.82, 2.24) is 15.5 Å². The SMILES string of the molecule is CC(NCCc1ncon1)c1ccc(F)c(F)c1. The first kappa shape index (κ1) is 12.6. The molecule has 1 heterocycles. The lowest BCUT2D eigenvalue weighted by atomic mass is 10.1. The Morgan fingerprint density at radius 3 is 2.83 bits per heavy atom. The summed E-state index contributed by atoms with van der Waals surface area (Å²) in [7, 11) is 0. The van der Waals surface area contributed by atoms with Crippen molar-refractivity contribution < 1.29 is 13.3 Å². The van der Waals surface area contributed by atoms with Gasteiger partial charge < -0.3 is 9.84 Å². The molecular weight excluding hydrogens is 240 g/mol. The average molecular weight is 253 g/mol. The van der Waals surface area contributed by atoms with Crippen LogP contribution < -0.4 is 5.32 Å². The first-order valence-electron chi connectivity index (χ1n) is 5.60. The second-order valence-corrected chi connectivity index (χ2v) is 3.95. The van der Waals surface area contributed by atoms with E-state index in [-0.39, 0.29) is 6.04 Å². The molecule has 1 atom stereocenters. The van der Waals surface area contributed by atoms with Crippen LogP contribution in [0.25, 0.3) is 0 Å². The molecule has 1 N–H and O–H groups in total. The molecule has 96 valence electrons. The molecule has 0 saturated heterocycles. The van der Waals surface area contributed by atoms with Crippen LogP contribution in [0, 0.1) is 11.6 Å². The van der Waals surface area contributed by atoms with Crippen LogP contribution in [0.4, 0.5) is 8.78 Å². The van der Waals surface area contributed by atoms with Crippen molar-refractivity contribution in [3.05, 3.63) is 47.6 Å². The number of aromatic nitrogens is 2. The third-order valence-corrected chi connectivity index (χ3v) is 2.65. The normalized spacial score (nSPS) is 12.6. The lowest BCUT2D eigenvalue weighted by molar-refractivity contribution is 0.408. The molecule has 0 fully saturated rings. The summed E-state index contributed by atoms with van der Waals surface area (Å²) < 4.78 is 30.4. The molecule has 0 bridgehead atoms. The van der Waals surface area contributed by atoms with Crippen molar-refractivity contribution in [3.63, 3.8) is 0 Å². The minimum atomic E-state index is -0.835. The maximum Gasteiger partial charge on any atom is 0.213 e. The predicted molar refractivity (Wildman–Crippen MR) is 60.8 cm³/mol. The molecule has 0 aliphatic rings. The van der Waals surface area contributed by atoms with Crippen LogP contribution in [0.15, 0.2) is 29.1 Å². The zero-order chi connectivity index (χ0) is 13.0. The van der Waals surface area contributed by atoms with E-state index in [1.807, 2.05) is 6.92 Å². The van der Waals surface area contributed by atoms with Crippen LogP contribution in [-0.2, 0) is 6.42 Å². The lowest BCUT2D eigenvalue weighted by Gasteiger charge is -2.13. The lowest BCUT2D eigenvalue weighted by Crippen LogP contribution is -2.21. The quantitative estimate of drug-likeness (QED) is 0.887. The Kier molecular flexibility index (Phi) is 3.99. The van der Waals surface area contributed by atoms with Crippen molar-refractivity contribution in [3.8, 4) is 0 Å². The predicted octanol–water partition coefficient (Wildman–Crippen LogP) is 2.24. The molecule has 1 aromatic carbocycles. The molecule has 1 aromatic heterocycles. The van der Waals surface area contributed by atoms with Gasteiger partial charge in [-0.25, -0.2) is 8.78 Å². The zero-order valence-corrected chi connectivity index (χ0v) is 9.86. The maximum absolute atomic E-state index is 13.0. The Labute approximate surface area is 103 Å². The Morgan fingerprint density at radius 1 is 1.33 bits per heavy atom. The van der Waals surface area contributed by atoms with E-state index in [4.69, 9.17) is 0 Å². The van der Waals surface area contributed by atoms with Crippen LogP contribution >= 0.6 is 0 Å². The molecule has 0 radical (unpaired) electrons. The molecule has 0 aliphatic carbocycles. The van der Waals surface area contributed by atoms with Crippen LogP contribution in [0.5, 0.6) is 0 Å². The van der Waals surface area contributed by atoms with Gasteiger partial charge in [-0.05, 0) is 24.6 Å². The fourth-order valence-electron chi connectivity index (χ4n) is 1.60. The smallest absolute Gasteiger partial charge is 0.213 e. The summed E-state index contributed by atoms with van der Waals surface area (Å²) >= 11 is 0. The minimum absolute atomic E-state index is 0.0769. The van der Waals surface area contributed by atoms with Gasteiger partial charge in [0.05, 0.1) is 0 Å². The van der Waals surface area contributed by atoms with Gasteiger partial charge in [0.15, 0.2) is 17.5 Å². The molecule has 1 unspecified atom stereocenters. The summed E-state index contributed by atoms with van der Waals surface area (Å²) in [5, 5.41) is 6.85. The third kappa shape index (κ3) is 3.10. The summed E-state index contributed by atoms with van der Waals surface area (Å²) in [5.41, 5.74) is 0.696. The highest BCUT2D eigenvalue weighted by atomic mass is 19.2. The number of hydrogen-bond acceptors (Lipinski definition) is 4. The highest BCUT2D eigenvalue weighted by Crippen LogP contribution is 2.15. The van der Waals surface area contributed by atoms with E-state index < -0.39 is 11.6 Å². The Bertz CT molecular complexity index is 502. The highest BCUT2D eigenvalue weighted by Gasteiger charge is 2.09. The second kappa shape index (κ2) is 5.68. The molecule has 18 heavy (non-hydrogen) atoms. The van der Waals surface area contributed by atoms with Gasteiger partial charge in [-0.3, -0.25) is 0 Å². The topological polar surface area (TPSA) is 51.0 Å². The Balaban J connectivity index is 1.87. The Hall–Kier alpha value is -1.82. The average Bonchev–Trinajstić information content (AvgIpc) is 2.85. The monoisotopic (exact) mass is 253 g/mol. The summed E-state index contributed by atoms with van der Waals surface area (Å²) in [4.78, 5) is 3.88. The molecule has 6 heteroatoms. The van der Waals surface area contributed by atoms with Crippen molar-refractivity contribution in [2.24, 2.45) is 0 Å². The third-order valence-electron chi connectivity index (χ3n) is 2.65. The fourth-order valence-corrected chi connectivity index (χ4v) is 1.60. The first-order valence-corrected chi connectivity index (χ1v) is 5.60. The van der Waals surface area contributed by atoms with Gasteiger partial charge in [-0.1, -0.05) is 11.2 Å². The van der Waals surface area contributed by atoms with E-state index in [1.165, 1.54) is 12.5 Å². The molecule has 4 nitrogen and oxygen atoms in total. The molecule has 0 amide bonds. The summed E-state index contributed by atoms with van der Waals surface area (Å²) in [5.74, 6) is -1.06. The molecular formula is C12H13F2N3O. The molecule has 0 aliphatic heterocycles. The summed E-state index contributed by atoms with van der Waals surface area (Å²) in [6, 6.07) is 3.81. The zero-order valence-electron chi connectivity index (χ0n) is 9.86. The van der Waals surface area contributed by atoms with E-state index in [0.29, 0.717) is 24.4 Å². The first-order chi connectivity index (χ1) is 8.66. The number of benzene rings is 1. The van der Waals surface area contributed by atoms with Gasteiger partial charge in [0.25, 0.3) is 0 Å². The number of halogens is 2. The summed E-state index contributed by atoms with van der Waals surface area (Å²) in [6.45, 7) is 2.50. The standard InChI is InChI=1S/C12H13F2N3O/c1-8(9-2-3-10(13)11(14)6-9)15-5-4-12-16-7-18-17-12/h2-3,6-8,15H,4-5H2,1H3. The number of nitrogens with one attached hydrogen (secondary N) is 1. The van der Waals surface area contributed by atoms with Crippen molar-refractivity contribution in [2.45, 2.75) is 19.4 Å².